The molecule has 2 aromatic heterocycles. The van der Waals surface area contributed by atoms with Gasteiger partial charge in [-0.2, -0.15) is 0 Å². The standard InChI is InChI=1S/C23H23ClF2N4O3/c24-17-2-1-14(13-18(17)25)20(5-10-31)30-9-4-16(21(26)22(30)32)19-3-8-27-23(29-19)28-15-6-11-33-12-7-15/h1-4,8-9,13,15,20,31H,5-7,10-12H2,(H,27,28,29)/t20-/m1/s1. The van der Waals surface area contributed by atoms with E-state index in [1.807, 2.05) is 0 Å². The third-order valence-corrected chi connectivity index (χ3v) is 5.92. The second-order valence-corrected chi connectivity index (χ2v) is 8.16. The first-order valence-corrected chi connectivity index (χ1v) is 11.0. The van der Waals surface area contributed by atoms with E-state index in [1.165, 1.54) is 36.7 Å². The predicted molar refractivity (Wildman–Crippen MR) is 120 cm³/mol. The van der Waals surface area contributed by atoms with Gasteiger partial charge in [0.2, 0.25) is 5.95 Å². The quantitative estimate of drug-likeness (QED) is 0.539. The van der Waals surface area contributed by atoms with Crippen molar-refractivity contribution in [2.75, 3.05) is 25.1 Å². The van der Waals surface area contributed by atoms with Crippen LogP contribution in [-0.2, 0) is 4.74 Å². The van der Waals surface area contributed by atoms with Crippen LogP contribution in [0.25, 0.3) is 11.3 Å². The molecule has 1 aromatic carbocycles. The Bertz CT molecular complexity index is 1180. The SMILES string of the molecule is O=c1c(F)c(-c2ccnc(NC3CCOCC3)n2)ccn1[C@H](CCO)c1ccc(Cl)c(F)c1. The molecule has 0 bridgehead atoms. The van der Waals surface area contributed by atoms with E-state index in [4.69, 9.17) is 16.3 Å². The van der Waals surface area contributed by atoms with Crippen LogP contribution in [0.4, 0.5) is 14.7 Å². The molecule has 3 aromatic rings. The minimum atomic E-state index is -0.995. The molecule has 7 nitrogen and oxygen atoms in total. The zero-order valence-electron chi connectivity index (χ0n) is 17.7. The van der Waals surface area contributed by atoms with Crippen LogP contribution in [0.5, 0.6) is 0 Å². The largest absolute Gasteiger partial charge is 0.396 e. The molecule has 1 fully saturated rings. The summed E-state index contributed by atoms with van der Waals surface area (Å²) in [5.41, 5.74) is -0.222. The Morgan fingerprint density at radius 1 is 1.24 bits per heavy atom. The monoisotopic (exact) mass is 476 g/mol. The summed E-state index contributed by atoms with van der Waals surface area (Å²) in [6.07, 6.45) is 4.64. The number of hydrogen-bond acceptors (Lipinski definition) is 6. The molecular weight excluding hydrogens is 454 g/mol. The Hall–Kier alpha value is -2.88. The fraction of sp³-hybridized carbons (Fsp3) is 0.348. The number of aliphatic hydroxyl groups is 1. The van der Waals surface area contributed by atoms with E-state index in [0.717, 1.165) is 17.4 Å². The van der Waals surface area contributed by atoms with Crippen molar-refractivity contribution in [3.05, 3.63) is 75.3 Å². The third-order valence-electron chi connectivity index (χ3n) is 5.61. The third kappa shape index (κ3) is 5.21. The first kappa shape index (κ1) is 23.3. The van der Waals surface area contributed by atoms with Gasteiger partial charge in [-0.15, -0.1) is 0 Å². The van der Waals surface area contributed by atoms with Crippen LogP contribution in [0.1, 0.15) is 30.9 Å². The van der Waals surface area contributed by atoms with Crippen LogP contribution < -0.4 is 10.9 Å². The highest BCUT2D eigenvalue weighted by atomic mass is 35.5. The van der Waals surface area contributed by atoms with Gasteiger partial charge in [0, 0.05) is 43.8 Å². The van der Waals surface area contributed by atoms with Crippen molar-refractivity contribution in [2.24, 2.45) is 0 Å². The summed E-state index contributed by atoms with van der Waals surface area (Å²) in [6.45, 7) is 1.02. The van der Waals surface area contributed by atoms with Gasteiger partial charge in [-0.25, -0.2) is 18.7 Å². The molecule has 33 heavy (non-hydrogen) atoms. The molecule has 1 saturated heterocycles. The van der Waals surface area contributed by atoms with E-state index < -0.39 is 23.2 Å². The lowest BCUT2D eigenvalue weighted by molar-refractivity contribution is 0.0903. The molecule has 1 aliphatic heterocycles. The van der Waals surface area contributed by atoms with Crippen molar-refractivity contribution in [3.63, 3.8) is 0 Å². The summed E-state index contributed by atoms with van der Waals surface area (Å²) < 4.78 is 35.7. The summed E-state index contributed by atoms with van der Waals surface area (Å²) in [6, 6.07) is 6.44. The number of nitrogens with zero attached hydrogens (tertiary/aromatic N) is 3. The lowest BCUT2D eigenvalue weighted by Crippen LogP contribution is -2.29. The van der Waals surface area contributed by atoms with E-state index in [-0.39, 0.29) is 35.3 Å². The lowest BCUT2D eigenvalue weighted by atomic mass is 10.0. The molecule has 174 valence electrons. The van der Waals surface area contributed by atoms with Gasteiger partial charge in [-0.1, -0.05) is 17.7 Å². The Kier molecular flexibility index (Phi) is 7.32. The van der Waals surface area contributed by atoms with Crippen LogP contribution in [-0.4, -0.2) is 45.5 Å². The minimum Gasteiger partial charge on any atom is -0.396 e. The maximum absolute atomic E-state index is 15.2. The Morgan fingerprint density at radius 2 is 2.03 bits per heavy atom. The molecule has 10 heteroatoms. The molecule has 2 N–H and O–H groups in total. The highest BCUT2D eigenvalue weighted by Crippen LogP contribution is 2.26. The Balaban J connectivity index is 1.66. The van der Waals surface area contributed by atoms with Crippen molar-refractivity contribution in [2.45, 2.75) is 31.3 Å². The fourth-order valence-electron chi connectivity index (χ4n) is 3.88. The molecule has 1 aliphatic rings. The maximum Gasteiger partial charge on any atom is 0.287 e. The fourth-order valence-corrected chi connectivity index (χ4v) is 4.00. The van der Waals surface area contributed by atoms with Crippen LogP contribution in [0.2, 0.25) is 5.02 Å². The normalized spacial score (nSPS) is 15.4. The van der Waals surface area contributed by atoms with Crippen molar-refractivity contribution < 1.29 is 18.6 Å². The average Bonchev–Trinajstić information content (AvgIpc) is 2.82. The van der Waals surface area contributed by atoms with Crippen LogP contribution in [0.3, 0.4) is 0 Å². The highest BCUT2D eigenvalue weighted by molar-refractivity contribution is 6.30. The number of hydrogen-bond donors (Lipinski definition) is 2. The maximum atomic E-state index is 15.2. The van der Waals surface area contributed by atoms with E-state index >= 15 is 4.39 Å². The summed E-state index contributed by atoms with van der Waals surface area (Å²) in [5, 5.41) is 12.6. The molecule has 0 spiro atoms. The molecule has 0 unspecified atom stereocenters. The van der Waals surface area contributed by atoms with Crippen molar-refractivity contribution in [1.82, 2.24) is 14.5 Å². The van der Waals surface area contributed by atoms with Gasteiger partial charge < -0.3 is 19.7 Å². The number of rotatable bonds is 7. The molecule has 0 radical (unpaired) electrons. The van der Waals surface area contributed by atoms with E-state index in [0.29, 0.717) is 24.7 Å². The number of ether oxygens (including phenoxy) is 1. The van der Waals surface area contributed by atoms with Gasteiger partial charge in [0.05, 0.1) is 16.8 Å². The van der Waals surface area contributed by atoms with Crippen molar-refractivity contribution >= 4 is 17.5 Å². The van der Waals surface area contributed by atoms with Gasteiger partial charge in [-0.3, -0.25) is 4.79 Å². The number of anilines is 1. The van der Waals surface area contributed by atoms with Crippen LogP contribution in [0, 0.1) is 11.6 Å². The Morgan fingerprint density at radius 3 is 2.76 bits per heavy atom. The smallest absolute Gasteiger partial charge is 0.287 e. The van der Waals surface area contributed by atoms with Crippen molar-refractivity contribution in [1.29, 1.82) is 0 Å². The highest BCUT2D eigenvalue weighted by Gasteiger charge is 2.21. The summed E-state index contributed by atoms with van der Waals surface area (Å²) in [7, 11) is 0. The number of aliphatic hydroxyl groups excluding tert-OH is 1. The number of benzene rings is 1. The first-order chi connectivity index (χ1) is 16.0. The van der Waals surface area contributed by atoms with Gasteiger partial charge in [0.15, 0.2) is 5.82 Å². The van der Waals surface area contributed by atoms with Gasteiger partial charge >= 0.3 is 0 Å². The molecule has 0 saturated carbocycles. The molecule has 0 amide bonds. The zero-order chi connectivity index (χ0) is 23.4. The van der Waals surface area contributed by atoms with E-state index in [9.17, 15) is 14.3 Å². The number of nitrogens with one attached hydrogen (secondary N) is 1. The van der Waals surface area contributed by atoms with Crippen LogP contribution >= 0.6 is 11.6 Å². The molecule has 4 rings (SSSR count). The summed E-state index contributed by atoms with van der Waals surface area (Å²) >= 11 is 5.75. The molecule has 0 aliphatic carbocycles. The summed E-state index contributed by atoms with van der Waals surface area (Å²) in [5.74, 6) is -1.31. The number of aromatic nitrogens is 3. The minimum absolute atomic E-state index is 0.0266. The number of pyridine rings is 1. The Labute approximate surface area is 194 Å². The molecule has 3 heterocycles. The van der Waals surface area contributed by atoms with Gasteiger partial charge in [0.25, 0.3) is 5.56 Å². The average molecular weight is 477 g/mol. The van der Waals surface area contributed by atoms with Gasteiger partial charge in [0.1, 0.15) is 5.82 Å². The van der Waals surface area contributed by atoms with Crippen LogP contribution in [0.15, 0.2) is 47.5 Å². The first-order valence-electron chi connectivity index (χ1n) is 10.6. The molecule has 1 atom stereocenters. The molecular formula is C23H23ClF2N4O3. The second-order valence-electron chi connectivity index (χ2n) is 7.75. The van der Waals surface area contributed by atoms with E-state index in [1.54, 1.807) is 6.07 Å². The van der Waals surface area contributed by atoms with Gasteiger partial charge in [-0.05, 0) is 49.1 Å². The summed E-state index contributed by atoms with van der Waals surface area (Å²) in [4.78, 5) is 21.5. The number of halogens is 3. The lowest BCUT2D eigenvalue weighted by Gasteiger charge is -2.23. The van der Waals surface area contributed by atoms with E-state index in [2.05, 4.69) is 15.3 Å². The topological polar surface area (TPSA) is 89.3 Å². The second kappa shape index (κ2) is 10.4. The van der Waals surface area contributed by atoms with Crippen molar-refractivity contribution in [3.8, 4) is 11.3 Å². The predicted octanol–water partition coefficient (Wildman–Crippen LogP) is 3.80. The zero-order valence-corrected chi connectivity index (χ0v) is 18.4.